The third kappa shape index (κ3) is 2.21. The molecule has 1 atom stereocenters. The molecule has 0 heterocycles. The summed E-state index contributed by atoms with van der Waals surface area (Å²) in [5.74, 6) is 0. The Morgan fingerprint density at radius 1 is 1.64 bits per heavy atom. The van der Waals surface area contributed by atoms with Gasteiger partial charge in [-0.3, -0.25) is 10.1 Å². The summed E-state index contributed by atoms with van der Waals surface area (Å²) in [5.41, 5.74) is 6.40. The molecule has 0 aromatic heterocycles. The van der Waals surface area contributed by atoms with Crippen LogP contribution in [0.4, 0.5) is 5.69 Å². The molecule has 0 fully saturated rings. The summed E-state index contributed by atoms with van der Waals surface area (Å²) >= 11 is 5.66. The number of rotatable bonds is 3. The third-order valence-corrected chi connectivity index (χ3v) is 2.35. The molecule has 76 valence electrons. The molecule has 4 nitrogen and oxygen atoms in total. The lowest BCUT2D eigenvalue weighted by Gasteiger charge is -2.08. The number of nitrogens with two attached hydrogens (primary N) is 1. The Morgan fingerprint density at radius 3 is 2.79 bits per heavy atom. The Bertz CT molecular complexity index is 355. The van der Waals surface area contributed by atoms with Crippen molar-refractivity contribution >= 4 is 17.3 Å². The molecule has 1 rings (SSSR count). The van der Waals surface area contributed by atoms with Crippen LogP contribution in [0.15, 0.2) is 18.2 Å². The topological polar surface area (TPSA) is 69.2 Å². The van der Waals surface area contributed by atoms with E-state index < -0.39 is 4.92 Å². The van der Waals surface area contributed by atoms with Crippen molar-refractivity contribution in [1.29, 1.82) is 0 Å². The average molecular weight is 215 g/mol. The molecule has 14 heavy (non-hydrogen) atoms. The Morgan fingerprint density at radius 2 is 2.29 bits per heavy atom. The van der Waals surface area contributed by atoms with Gasteiger partial charge in [-0.1, -0.05) is 24.6 Å². The monoisotopic (exact) mass is 214 g/mol. The van der Waals surface area contributed by atoms with Gasteiger partial charge in [0.2, 0.25) is 0 Å². The first-order valence-corrected chi connectivity index (χ1v) is 4.63. The number of nitro benzene ring substituents is 1. The van der Waals surface area contributed by atoms with Gasteiger partial charge in [-0.25, -0.2) is 0 Å². The SMILES string of the molecule is CC[C@@H](N)c1ccc(Cl)c([N+](=O)[O-])c1. The standard InChI is InChI=1S/C9H11ClN2O2/c1-2-8(11)6-3-4-7(10)9(5-6)12(13)14/h3-5,8H,2,11H2,1H3/t8-/m1/s1. The molecule has 0 radical (unpaired) electrons. The highest BCUT2D eigenvalue weighted by Gasteiger charge is 2.14. The molecule has 0 bridgehead atoms. The number of hydrogen-bond donors (Lipinski definition) is 1. The first-order chi connectivity index (χ1) is 6.56. The maximum Gasteiger partial charge on any atom is 0.288 e. The van der Waals surface area contributed by atoms with E-state index in [1.807, 2.05) is 6.92 Å². The smallest absolute Gasteiger partial charge is 0.288 e. The van der Waals surface area contributed by atoms with Crippen molar-refractivity contribution < 1.29 is 4.92 Å². The summed E-state index contributed by atoms with van der Waals surface area (Å²) in [5, 5.41) is 10.7. The van der Waals surface area contributed by atoms with Crippen LogP contribution in [0.25, 0.3) is 0 Å². The lowest BCUT2D eigenvalue weighted by Crippen LogP contribution is -2.08. The van der Waals surface area contributed by atoms with Gasteiger partial charge in [0.15, 0.2) is 0 Å². The Balaban J connectivity index is 3.12. The number of halogens is 1. The summed E-state index contributed by atoms with van der Waals surface area (Å²) in [6, 6.07) is 4.47. The maximum atomic E-state index is 10.6. The predicted molar refractivity (Wildman–Crippen MR) is 55.3 cm³/mol. The molecule has 2 N–H and O–H groups in total. The van der Waals surface area contributed by atoms with Crippen molar-refractivity contribution in [2.75, 3.05) is 0 Å². The molecule has 0 spiro atoms. The van der Waals surface area contributed by atoms with Crippen molar-refractivity contribution in [2.24, 2.45) is 5.73 Å². The van der Waals surface area contributed by atoms with Gasteiger partial charge in [0, 0.05) is 12.1 Å². The minimum Gasteiger partial charge on any atom is -0.324 e. The zero-order valence-electron chi connectivity index (χ0n) is 7.74. The molecular weight excluding hydrogens is 204 g/mol. The Labute approximate surface area is 86.8 Å². The largest absolute Gasteiger partial charge is 0.324 e. The molecule has 0 aliphatic heterocycles. The molecular formula is C9H11ClN2O2. The maximum absolute atomic E-state index is 10.6. The minimum atomic E-state index is -0.506. The summed E-state index contributed by atoms with van der Waals surface area (Å²) in [6.07, 6.45) is 0.735. The van der Waals surface area contributed by atoms with Crippen LogP contribution in [-0.2, 0) is 0 Å². The first kappa shape index (κ1) is 10.9. The molecule has 0 unspecified atom stereocenters. The molecule has 1 aromatic rings. The number of hydrogen-bond acceptors (Lipinski definition) is 3. The molecule has 0 saturated carbocycles. The van der Waals surface area contributed by atoms with Crippen LogP contribution in [0.5, 0.6) is 0 Å². The molecule has 5 heteroatoms. The normalized spacial score (nSPS) is 12.5. The second-order valence-corrected chi connectivity index (χ2v) is 3.39. The van der Waals surface area contributed by atoms with Crippen LogP contribution in [-0.4, -0.2) is 4.92 Å². The van der Waals surface area contributed by atoms with E-state index in [-0.39, 0.29) is 16.8 Å². The van der Waals surface area contributed by atoms with Crippen LogP contribution < -0.4 is 5.73 Å². The average Bonchev–Trinajstić information content (AvgIpc) is 2.17. The van der Waals surface area contributed by atoms with E-state index in [9.17, 15) is 10.1 Å². The van der Waals surface area contributed by atoms with E-state index in [1.165, 1.54) is 12.1 Å². The van der Waals surface area contributed by atoms with E-state index >= 15 is 0 Å². The van der Waals surface area contributed by atoms with E-state index in [1.54, 1.807) is 6.07 Å². The fraction of sp³-hybridized carbons (Fsp3) is 0.333. The molecule has 1 aromatic carbocycles. The van der Waals surface area contributed by atoms with Crippen LogP contribution in [0, 0.1) is 10.1 Å². The summed E-state index contributed by atoms with van der Waals surface area (Å²) in [6.45, 7) is 1.92. The van der Waals surface area contributed by atoms with Crippen molar-refractivity contribution in [1.82, 2.24) is 0 Å². The van der Waals surface area contributed by atoms with Gasteiger partial charge >= 0.3 is 0 Å². The second kappa shape index (κ2) is 4.39. The van der Waals surface area contributed by atoms with Gasteiger partial charge in [-0.2, -0.15) is 0 Å². The van der Waals surface area contributed by atoms with Crippen LogP contribution >= 0.6 is 11.6 Å². The fourth-order valence-corrected chi connectivity index (χ4v) is 1.32. The predicted octanol–water partition coefficient (Wildman–Crippen LogP) is 2.66. The van der Waals surface area contributed by atoms with Crippen LogP contribution in [0.2, 0.25) is 5.02 Å². The number of nitro groups is 1. The van der Waals surface area contributed by atoms with Gasteiger partial charge < -0.3 is 5.73 Å². The van der Waals surface area contributed by atoms with Gasteiger partial charge in [0.25, 0.3) is 5.69 Å². The number of benzene rings is 1. The molecule has 0 aliphatic carbocycles. The molecule has 0 saturated heterocycles. The van der Waals surface area contributed by atoms with E-state index in [0.29, 0.717) is 0 Å². The Kier molecular flexibility index (Phi) is 3.43. The quantitative estimate of drug-likeness (QED) is 0.621. The Hall–Kier alpha value is -1.13. The highest BCUT2D eigenvalue weighted by Crippen LogP contribution is 2.27. The number of nitrogens with zero attached hydrogens (tertiary/aromatic N) is 1. The van der Waals surface area contributed by atoms with Gasteiger partial charge in [-0.15, -0.1) is 0 Å². The molecule has 0 amide bonds. The van der Waals surface area contributed by atoms with Crippen LogP contribution in [0.3, 0.4) is 0 Å². The van der Waals surface area contributed by atoms with Gasteiger partial charge in [0.1, 0.15) is 5.02 Å². The molecule has 0 aliphatic rings. The van der Waals surface area contributed by atoms with Gasteiger partial charge in [-0.05, 0) is 18.1 Å². The van der Waals surface area contributed by atoms with E-state index in [2.05, 4.69) is 0 Å². The highest BCUT2D eigenvalue weighted by molar-refractivity contribution is 6.32. The summed E-state index contributed by atoms with van der Waals surface area (Å²) in [7, 11) is 0. The second-order valence-electron chi connectivity index (χ2n) is 2.98. The zero-order valence-corrected chi connectivity index (χ0v) is 8.49. The van der Waals surface area contributed by atoms with Crippen molar-refractivity contribution in [3.63, 3.8) is 0 Å². The fourth-order valence-electron chi connectivity index (χ4n) is 1.14. The van der Waals surface area contributed by atoms with E-state index in [0.717, 1.165) is 12.0 Å². The third-order valence-electron chi connectivity index (χ3n) is 2.03. The van der Waals surface area contributed by atoms with Gasteiger partial charge in [0.05, 0.1) is 4.92 Å². The first-order valence-electron chi connectivity index (χ1n) is 4.25. The summed E-state index contributed by atoms with van der Waals surface area (Å²) in [4.78, 5) is 10.1. The highest BCUT2D eigenvalue weighted by atomic mass is 35.5. The minimum absolute atomic E-state index is 0.0898. The zero-order chi connectivity index (χ0) is 10.7. The lowest BCUT2D eigenvalue weighted by molar-refractivity contribution is -0.384. The van der Waals surface area contributed by atoms with Crippen molar-refractivity contribution in [3.05, 3.63) is 38.9 Å². The van der Waals surface area contributed by atoms with E-state index in [4.69, 9.17) is 17.3 Å². The lowest BCUT2D eigenvalue weighted by atomic mass is 10.1. The van der Waals surface area contributed by atoms with Crippen molar-refractivity contribution in [2.45, 2.75) is 19.4 Å². The van der Waals surface area contributed by atoms with Crippen LogP contribution in [0.1, 0.15) is 24.9 Å². The van der Waals surface area contributed by atoms with Crippen molar-refractivity contribution in [3.8, 4) is 0 Å². The summed E-state index contributed by atoms with van der Waals surface area (Å²) < 4.78 is 0.